The van der Waals surface area contributed by atoms with Crippen molar-refractivity contribution in [1.29, 1.82) is 0 Å². The summed E-state index contributed by atoms with van der Waals surface area (Å²) in [6.45, 7) is 1.77. The lowest BCUT2D eigenvalue weighted by Gasteiger charge is -2.52. The van der Waals surface area contributed by atoms with E-state index in [0.717, 1.165) is 0 Å². The molecule has 6 aromatic carbocycles. The number of hydrogen-bond donors (Lipinski definition) is 3. The average molecular weight is 901 g/mol. The molecule has 2 aliphatic rings. The number of rotatable bonds is 8. The molecule has 2 fully saturated rings. The minimum Gasteiger partial charge on any atom is -0.410 e. The predicted octanol–water partition coefficient (Wildman–Crippen LogP) is 0.594. The highest BCUT2D eigenvalue weighted by Gasteiger charge is 2.73. The van der Waals surface area contributed by atoms with E-state index < -0.39 is 62.6 Å². The zero-order chi connectivity index (χ0) is 40.7. The Kier molecular flexibility index (Phi) is 13.4. The molecule has 0 saturated carbocycles. The predicted molar refractivity (Wildman–Crippen MR) is 234 cm³/mol. The molecule has 2 heterocycles. The van der Waals surface area contributed by atoms with Crippen LogP contribution in [-0.4, -0.2) is 91.2 Å². The SMILES string of the molecule is COC.C[SiH]1O[Si](O)(c2ccccc2)O[Si]2(c3ccccc3)O[Si](O)(c3ccccc3)O[Si](O[SiH](O)c3ccccc3)(c3ccccc3)O[Si](c3ccccc3)(O1)O2. The molecule has 12 nitrogen and oxygen atoms in total. The summed E-state index contributed by atoms with van der Waals surface area (Å²) in [5.41, 5.74) is 0. The van der Waals surface area contributed by atoms with Gasteiger partial charge in [-0.25, -0.2) is 0 Å². The van der Waals surface area contributed by atoms with E-state index in [9.17, 15) is 14.4 Å². The molecule has 2 bridgehead atoms. The van der Waals surface area contributed by atoms with E-state index in [1.807, 2.05) is 66.7 Å². The Labute approximate surface area is 346 Å². The van der Waals surface area contributed by atoms with Crippen molar-refractivity contribution in [3.8, 4) is 0 Å². The van der Waals surface area contributed by atoms with Crippen molar-refractivity contribution in [2.24, 2.45) is 0 Å². The van der Waals surface area contributed by atoms with Crippen molar-refractivity contribution in [3.63, 3.8) is 0 Å². The van der Waals surface area contributed by atoms with Gasteiger partial charge in [-0.2, -0.15) is 0 Å². The molecule has 19 heteroatoms. The van der Waals surface area contributed by atoms with Gasteiger partial charge < -0.3 is 52.0 Å². The van der Waals surface area contributed by atoms with Crippen LogP contribution in [0.4, 0.5) is 0 Å². The van der Waals surface area contributed by atoms with E-state index in [1.165, 1.54) is 0 Å². The Hall–Kier alpha value is -3.64. The van der Waals surface area contributed by atoms with E-state index in [-0.39, 0.29) is 5.19 Å². The third kappa shape index (κ3) is 9.08. The second-order valence-electron chi connectivity index (χ2n) is 13.3. The molecule has 58 heavy (non-hydrogen) atoms. The van der Waals surface area contributed by atoms with Crippen molar-refractivity contribution >= 4 is 93.7 Å². The van der Waals surface area contributed by atoms with Gasteiger partial charge in [0.2, 0.25) is 0 Å². The summed E-state index contributed by atoms with van der Waals surface area (Å²) in [6, 6.07) is 53.6. The first kappa shape index (κ1) is 42.5. The third-order valence-electron chi connectivity index (χ3n) is 9.01. The summed E-state index contributed by atoms with van der Waals surface area (Å²) < 4.78 is 61.0. The molecule has 2 aliphatic heterocycles. The minimum atomic E-state index is -4.90. The maximum atomic E-state index is 13.3. The summed E-state index contributed by atoms with van der Waals surface area (Å²) in [4.78, 5) is 38.0. The fourth-order valence-electron chi connectivity index (χ4n) is 6.46. The highest BCUT2D eigenvalue weighted by Crippen LogP contribution is 2.36. The first-order valence-electron chi connectivity index (χ1n) is 18.5. The molecule has 300 valence electrons. The van der Waals surface area contributed by atoms with Gasteiger partial charge in [-0.15, -0.1) is 0 Å². The van der Waals surface area contributed by atoms with Gasteiger partial charge in [-0.05, 0) is 11.7 Å². The van der Waals surface area contributed by atoms with Gasteiger partial charge >= 0.3 is 62.6 Å². The van der Waals surface area contributed by atoms with Crippen LogP contribution >= 0.6 is 0 Å². The van der Waals surface area contributed by atoms with E-state index in [1.54, 1.807) is 136 Å². The lowest BCUT2D eigenvalue weighted by molar-refractivity contribution is 0.0753. The van der Waals surface area contributed by atoms with E-state index in [4.69, 9.17) is 32.9 Å². The lowest BCUT2D eigenvalue weighted by Crippen LogP contribution is -2.85. The van der Waals surface area contributed by atoms with Crippen LogP contribution in [0.3, 0.4) is 0 Å². The van der Waals surface area contributed by atoms with Crippen LogP contribution in [0.2, 0.25) is 6.55 Å². The molecule has 0 amide bonds. The number of hydrogen-bond acceptors (Lipinski definition) is 12. The Bertz CT molecular complexity index is 2190. The molecule has 6 aromatic rings. The largest absolute Gasteiger partial charge is 0.520 e. The second kappa shape index (κ2) is 18.3. The van der Waals surface area contributed by atoms with Crippen molar-refractivity contribution in [3.05, 3.63) is 182 Å². The summed E-state index contributed by atoms with van der Waals surface area (Å²) in [5.74, 6) is 0. The van der Waals surface area contributed by atoms with E-state index >= 15 is 0 Å². The van der Waals surface area contributed by atoms with Crippen LogP contribution in [0.1, 0.15) is 0 Å². The smallest absolute Gasteiger partial charge is 0.410 e. The van der Waals surface area contributed by atoms with Gasteiger partial charge in [0.05, 0.1) is 0 Å². The molecule has 2 saturated heterocycles. The van der Waals surface area contributed by atoms with E-state index in [2.05, 4.69) is 4.74 Å². The van der Waals surface area contributed by atoms with Crippen LogP contribution in [0.5, 0.6) is 0 Å². The normalized spacial score (nSPS) is 29.0. The monoisotopic (exact) mass is 900 g/mol. The van der Waals surface area contributed by atoms with Crippen molar-refractivity contribution in [1.82, 2.24) is 0 Å². The van der Waals surface area contributed by atoms with Crippen LogP contribution in [0, 0.1) is 0 Å². The molecular weight excluding hydrogens is 857 g/mol. The number of methoxy groups -OCH3 is 1. The highest BCUT2D eigenvalue weighted by atomic mass is 28.6. The van der Waals surface area contributed by atoms with E-state index in [0.29, 0.717) is 25.9 Å². The van der Waals surface area contributed by atoms with Crippen LogP contribution < -0.4 is 31.1 Å². The summed E-state index contributed by atoms with van der Waals surface area (Å²) in [5, 5.41) is 2.57. The van der Waals surface area contributed by atoms with Crippen LogP contribution in [0.25, 0.3) is 0 Å². The van der Waals surface area contributed by atoms with Gasteiger partial charge in [-0.1, -0.05) is 182 Å². The second-order valence-corrected chi connectivity index (χ2v) is 31.2. The summed E-state index contributed by atoms with van der Waals surface area (Å²) in [7, 11) is -26.4. The zero-order valence-corrected chi connectivity index (χ0v) is 39.3. The fraction of sp³-hybridized carbons (Fsp3) is 0.0769. The Morgan fingerprint density at radius 1 is 0.448 bits per heavy atom. The molecule has 0 aliphatic carbocycles. The van der Waals surface area contributed by atoms with Gasteiger partial charge in [0.15, 0.2) is 0 Å². The molecule has 0 spiro atoms. The molecule has 8 rings (SSSR count). The standard InChI is InChI=1S/C37H38O11Si7.C2H6O/c1-49-41-51(39,33-22-10-3-11-23-33)44-55(37-30-18-7-19-31-37)46-52(40,34-24-12-4-13-25-34)45-54(36-28-16-6-17-29-36,43-50(38)32-20-8-2-9-21-32)47-53(42-49,48-55)35-26-14-5-15-27-35;1-3-2/h2-31,38-40,49-50H,1H3;1-2H3. The van der Waals surface area contributed by atoms with Gasteiger partial charge in [-0.3, -0.25) is 0 Å². The number of ether oxygens (including phenoxy) is 1. The quantitative estimate of drug-likeness (QED) is 0.184. The van der Waals surface area contributed by atoms with Crippen molar-refractivity contribution in [2.75, 3.05) is 14.2 Å². The lowest BCUT2D eigenvalue weighted by atomic mass is 10.4. The Morgan fingerprint density at radius 2 is 0.828 bits per heavy atom. The summed E-state index contributed by atoms with van der Waals surface area (Å²) in [6.07, 6.45) is 0. The molecule has 7 unspecified atom stereocenters. The number of fused-ring (bicyclic) bond motifs is 2. The molecular formula is C39H44O12Si7. The van der Waals surface area contributed by atoms with Crippen LogP contribution in [0.15, 0.2) is 182 Å². The first-order chi connectivity index (χ1) is 28.1. The maximum Gasteiger partial charge on any atom is 0.520 e. The topological polar surface area (TPSA) is 144 Å². The molecule has 7 atom stereocenters. The zero-order valence-electron chi connectivity index (χ0n) is 32.0. The van der Waals surface area contributed by atoms with Crippen LogP contribution in [-0.2, 0) is 37.7 Å². The summed E-state index contributed by atoms with van der Waals surface area (Å²) >= 11 is 0. The number of benzene rings is 6. The maximum absolute atomic E-state index is 13.3. The van der Waals surface area contributed by atoms with Gasteiger partial charge in [0.25, 0.3) is 0 Å². The first-order valence-corrected chi connectivity index (χ1v) is 30.8. The fourth-order valence-corrected chi connectivity index (χ4v) is 35.9. The third-order valence-corrected chi connectivity index (χ3v) is 33.4. The van der Waals surface area contributed by atoms with Crippen molar-refractivity contribution in [2.45, 2.75) is 6.55 Å². The van der Waals surface area contributed by atoms with Gasteiger partial charge in [0.1, 0.15) is 0 Å². The molecule has 0 aromatic heterocycles. The van der Waals surface area contributed by atoms with Crippen molar-refractivity contribution < 1.29 is 52.0 Å². The highest BCUT2D eigenvalue weighted by molar-refractivity contribution is 7.05. The molecule has 3 N–H and O–H groups in total. The van der Waals surface area contributed by atoms with Gasteiger partial charge in [0, 0.05) is 40.2 Å². The molecule has 0 radical (unpaired) electrons. The Morgan fingerprint density at radius 3 is 1.31 bits per heavy atom. The average Bonchev–Trinajstić information content (AvgIpc) is 3.24. The minimum absolute atomic E-state index is 0.284. The Balaban J connectivity index is 0.00000166.